The van der Waals surface area contributed by atoms with Gasteiger partial charge in [0.1, 0.15) is 0 Å². The summed E-state index contributed by atoms with van der Waals surface area (Å²) in [7, 11) is 0. The number of nitrogens with zero attached hydrogens (tertiary/aromatic N) is 3. The van der Waals surface area contributed by atoms with E-state index in [1.165, 1.54) is 0 Å². The maximum Gasteiger partial charge on any atom is 0.282 e. The maximum absolute atomic E-state index is 11.2. The van der Waals surface area contributed by atoms with Crippen molar-refractivity contribution in [3.8, 4) is 0 Å². The first-order valence-corrected chi connectivity index (χ1v) is 7.49. The van der Waals surface area contributed by atoms with Crippen molar-refractivity contribution < 1.29 is 4.92 Å². The molecule has 0 bridgehead atoms. The summed E-state index contributed by atoms with van der Waals surface area (Å²) in [6.45, 7) is 2.13. The highest BCUT2D eigenvalue weighted by molar-refractivity contribution is 6.22. The standard InChI is InChI=1S/C15H18ClN3O2/c1-2-3-4-7-15(12-5-8-17-9-6-12)10-13(19(20)21)14(16)18-11-15/h5-6,8-11,14H,2-4,7H2,1H3. The van der Waals surface area contributed by atoms with Crippen molar-refractivity contribution in [1.29, 1.82) is 0 Å². The van der Waals surface area contributed by atoms with Crippen molar-refractivity contribution in [2.24, 2.45) is 4.99 Å². The number of allylic oxidation sites excluding steroid dienone is 1. The van der Waals surface area contributed by atoms with Gasteiger partial charge in [-0.15, -0.1) is 0 Å². The number of unbranched alkanes of at least 4 members (excludes halogenated alkanes) is 2. The highest BCUT2D eigenvalue weighted by atomic mass is 35.5. The minimum absolute atomic E-state index is 0.0486. The molecule has 1 aliphatic heterocycles. The van der Waals surface area contributed by atoms with Gasteiger partial charge in [0.15, 0.2) is 0 Å². The van der Waals surface area contributed by atoms with Crippen molar-refractivity contribution in [2.75, 3.05) is 0 Å². The van der Waals surface area contributed by atoms with E-state index in [4.69, 9.17) is 11.6 Å². The van der Waals surface area contributed by atoms with Crippen LogP contribution in [-0.4, -0.2) is 21.6 Å². The normalized spacial score (nSPS) is 24.7. The van der Waals surface area contributed by atoms with Gasteiger partial charge in [-0.3, -0.25) is 20.1 Å². The number of halogens is 1. The molecular weight excluding hydrogens is 290 g/mol. The molecular formula is C15H18ClN3O2. The first-order valence-electron chi connectivity index (χ1n) is 7.05. The van der Waals surface area contributed by atoms with Gasteiger partial charge in [0.2, 0.25) is 5.50 Å². The molecule has 2 heterocycles. The topological polar surface area (TPSA) is 68.4 Å². The summed E-state index contributed by atoms with van der Waals surface area (Å²) in [4.78, 5) is 18.9. The second-order valence-corrected chi connectivity index (χ2v) is 5.59. The van der Waals surface area contributed by atoms with Crippen molar-refractivity contribution in [2.45, 2.75) is 43.5 Å². The number of pyridine rings is 1. The molecule has 0 amide bonds. The van der Waals surface area contributed by atoms with Crippen LogP contribution < -0.4 is 0 Å². The zero-order valence-electron chi connectivity index (χ0n) is 11.9. The Morgan fingerprint density at radius 1 is 1.38 bits per heavy atom. The second-order valence-electron chi connectivity index (χ2n) is 5.17. The number of aliphatic imine (C=N–C) groups is 1. The molecule has 1 aromatic heterocycles. The fraction of sp³-hybridized carbons (Fsp3) is 0.467. The van der Waals surface area contributed by atoms with Gasteiger partial charge < -0.3 is 0 Å². The van der Waals surface area contributed by atoms with E-state index >= 15 is 0 Å². The first-order chi connectivity index (χ1) is 10.1. The molecule has 5 nitrogen and oxygen atoms in total. The largest absolute Gasteiger partial charge is 0.282 e. The predicted octanol–water partition coefficient (Wildman–Crippen LogP) is 3.71. The number of rotatable bonds is 6. The van der Waals surface area contributed by atoms with Crippen LogP contribution in [0.15, 0.2) is 41.3 Å². The third kappa shape index (κ3) is 3.47. The highest BCUT2D eigenvalue weighted by Gasteiger charge is 2.37. The molecule has 1 aromatic rings. The Bertz CT molecular complexity index is 559. The van der Waals surface area contributed by atoms with Crippen LogP contribution in [0.2, 0.25) is 0 Å². The Balaban J connectivity index is 2.41. The Labute approximate surface area is 128 Å². The van der Waals surface area contributed by atoms with Gasteiger partial charge >= 0.3 is 0 Å². The molecule has 21 heavy (non-hydrogen) atoms. The lowest BCUT2D eigenvalue weighted by Crippen LogP contribution is -2.32. The second kappa shape index (κ2) is 6.80. The summed E-state index contributed by atoms with van der Waals surface area (Å²) in [6.07, 6.45) is 10.7. The molecule has 6 heteroatoms. The van der Waals surface area contributed by atoms with E-state index in [2.05, 4.69) is 16.9 Å². The zero-order valence-corrected chi connectivity index (χ0v) is 12.7. The van der Waals surface area contributed by atoms with Gasteiger partial charge in [-0.1, -0.05) is 37.8 Å². The number of hydrogen-bond donors (Lipinski definition) is 0. The molecule has 2 rings (SSSR count). The number of nitro groups is 1. The molecule has 0 aromatic carbocycles. The lowest BCUT2D eigenvalue weighted by Gasteiger charge is -2.29. The minimum Gasteiger partial charge on any atom is -0.265 e. The van der Waals surface area contributed by atoms with E-state index in [-0.39, 0.29) is 5.70 Å². The summed E-state index contributed by atoms with van der Waals surface area (Å²) in [5, 5.41) is 11.2. The summed E-state index contributed by atoms with van der Waals surface area (Å²) in [6, 6.07) is 3.75. The predicted molar refractivity (Wildman–Crippen MR) is 83.3 cm³/mol. The van der Waals surface area contributed by atoms with E-state index in [1.54, 1.807) is 24.7 Å². The summed E-state index contributed by atoms with van der Waals surface area (Å²) in [5.74, 6) is 0. The van der Waals surface area contributed by atoms with Crippen LogP contribution in [0.3, 0.4) is 0 Å². The van der Waals surface area contributed by atoms with Gasteiger partial charge in [-0.25, -0.2) is 0 Å². The highest BCUT2D eigenvalue weighted by Crippen LogP contribution is 2.35. The van der Waals surface area contributed by atoms with Crippen LogP contribution in [0.1, 0.15) is 38.2 Å². The quantitative estimate of drug-likeness (QED) is 0.264. The molecule has 0 fully saturated rings. The van der Waals surface area contributed by atoms with Gasteiger partial charge in [0.25, 0.3) is 5.70 Å². The number of dihydropyridines is 1. The molecule has 0 saturated heterocycles. The van der Waals surface area contributed by atoms with Gasteiger partial charge in [-0.05, 0) is 24.1 Å². The molecule has 0 aliphatic carbocycles. The first kappa shape index (κ1) is 15.6. The van der Waals surface area contributed by atoms with Crippen LogP contribution in [0.25, 0.3) is 0 Å². The van der Waals surface area contributed by atoms with Gasteiger partial charge in [0.05, 0.1) is 10.3 Å². The maximum atomic E-state index is 11.2. The fourth-order valence-electron chi connectivity index (χ4n) is 2.55. The summed E-state index contributed by atoms with van der Waals surface area (Å²) in [5.41, 5.74) is -0.569. The van der Waals surface area contributed by atoms with E-state index < -0.39 is 15.8 Å². The number of aromatic nitrogens is 1. The van der Waals surface area contributed by atoms with Crippen LogP contribution in [-0.2, 0) is 5.41 Å². The Morgan fingerprint density at radius 3 is 2.71 bits per heavy atom. The van der Waals surface area contributed by atoms with Gasteiger partial charge in [0, 0.05) is 24.7 Å². The van der Waals surface area contributed by atoms with E-state index in [0.717, 1.165) is 31.2 Å². The molecule has 2 unspecified atom stereocenters. The third-order valence-electron chi connectivity index (χ3n) is 3.71. The van der Waals surface area contributed by atoms with E-state index in [9.17, 15) is 10.1 Å². The average molecular weight is 308 g/mol. The minimum atomic E-state index is -0.916. The Morgan fingerprint density at radius 2 is 2.10 bits per heavy atom. The van der Waals surface area contributed by atoms with Gasteiger partial charge in [-0.2, -0.15) is 0 Å². The number of alkyl halides is 1. The molecule has 0 radical (unpaired) electrons. The van der Waals surface area contributed by atoms with E-state index in [0.29, 0.717) is 0 Å². The van der Waals surface area contributed by atoms with Crippen molar-refractivity contribution >= 4 is 17.8 Å². The summed E-state index contributed by atoms with van der Waals surface area (Å²) < 4.78 is 0. The monoisotopic (exact) mass is 307 g/mol. The van der Waals surface area contributed by atoms with Crippen LogP contribution in [0.5, 0.6) is 0 Å². The Hall–Kier alpha value is -1.75. The molecule has 0 spiro atoms. The van der Waals surface area contributed by atoms with Crippen LogP contribution >= 0.6 is 11.6 Å². The molecule has 112 valence electrons. The molecule has 0 N–H and O–H groups in total. The van der Waals surface area contributed by atoms with Crippen molar-refractivity contribution in [3.63, 3.8) is 0 Å². The lowest BCUT2D eigenvalue weighted by molar-refractivity contribution is -0.427. The molecule has 2 atom stereocenters. The third-order valence-corrected chi connectivity index (χ3v) is 4.04. The average Bonchev–Trinajstić information content (AvgIpc) is 2.50. The summed E-state index contributed by atoms with van der Waals surface area (Å²) >= 11 is 5.93. The lowest BCUT2D eigenvalue weighted by atomic mass is 9.76. The smallest absolute Gasteiger partial charge is 0.265 e. The van der Waals surface area contributed by atoms with Crippen LogP contribution in [0, 0.1) is 10.1 Å². The number of hydrogen-bond acceptors (Lipinski definition) is 4. The molecule has 1 aliphatic rings. The fourth-order valence-corrected chi connectivity index (χ4v) is 2.75. The Kier molecular flexibility index (Phi) is 5.07. The van der Waals surface area contributed by atoms with Crippen LogP contribution in [0.4, 0.5) is 0 Å². The SMILES string of the molecule is CCCCCC1(c2ccncc2)C=NC(Cl)C([N+](=O)[O-])=C1. The zero-order chi connectivity index (χ0) is 15.3. The van der Waals surface area contributed by atoms with Crippen molar-refractivity contribution in [3.05, 3.63) is 52.0 Å². The van der Waals surface area contributed by atoms with Crippen molar-refractivity contribution in [1.82, 2.24) is 4.98 Å². The van der Waals surface area contributed by atoms with E-state index in [1.807, 2.05) is 12.1 Å². The molecule has 0 saturated carbocycles.